The SMILES string of the molecule is CC1(C)Cc2cc([N+](=O)[O-])c(-c3ccncc3)cc2O1. The van der Waals surface area contributed by atoms with Crippen molar-refractivity contribution >= 4 is 5.69 Å². The number of aromatic nitrogens is 1. The summed E-state index contributed by atoms with van der Waals surface area (Å²) >= 11 is 0. The number of fused-ring (bicyclic) bond motifs is 1. The van der Waals surface area contributed by atoms with Gasteiger partial charge >= 0.3 is 0 Å². The molecule has 0 N–H and O–H groups in total. The number of nitro benzene ring substituents is 1. The first-order chi connectivity index (χ1) is 9.46. The monoisotopic (exact) mass is 270 g/mol. The van der Waals surface area contributed by atoms with Crippen molar-refractivity contribution in [2.75, 3.05) is 0 Å². The van der Waals surface area contributed by atoms with Gasteiger partial charge in [-0.05, 0) is 37.6 Å². The summed E-state index contributed by atoms with van der Waals surface area (Å²) in [7, 11) is 0. The molecular formula is C15H14N2O3. The predicted octanol–water partition coefficient (Wildman–Crippen LogP) is 3.37. The van der Waals surface area contributed by atoms with Crippen LogP contribution in [-0.4, -0.2) is 15.5 Å². The Kier molecular flexibility index (Phi) is 2.71. The van der Waals surface area contributed by atoms with E-state index < -0.39 is 0 Å². The highest BCUT2D eigenvalue weighted by atomic mass is 16.6. The van der Waals surface area contributed by atoms with Gasteiger partial charge in [0.2, 0.25) is 0 Å². The highest BCUT2D eigenvalue weighted by Crippen LogP contribution is 2.42. The summed E-state index contributed by atoms with van der Waals surface area (Å²) in [6.07, 6.45) is 3.92. The maximum Gasteiger partial charge on any atom is 0.277 e. The first kappa shape index (κ1) is 12.6. The van der Waals surface area contributed by atoms with Gasteiger partial charge in [-0.1, -0.05) is 0 Å². The highest BCUT2D eigenvalue weighted by molar-refractivity contribution is 5.76. The largest absolute Gasteiger partial charge is 0.487 e. The fourth-order valence-electron chi connectivity index (χ4n) is 2.55. The van der Waals surface area contributed by atoms with Gasteiger partial charge in [0, 0.05) is 30.4 Å². The second-order valence-corrected chi connectivity index (χ2v) is 5.51. The molecule has 2 heterocycles. The lowest BCUT2D eigenvalue weighted by Gasteiger charge is -2.16. The minimum absolute atomic E-state index is 0.108. The van der Waals surface area contributed by atoms with Crippen molar-refractivity contribution in [3.63, 3.8) is 0 Å². The summed E-state index contributed by atoms with van der Waals surface area (Å²) in [4.78, 5) is 14.9. The lowest BCUT2D eigenvalue weighted by atomic mass is 9.98. The van der Waals surface area contributed by atoms with Gasteiger partial charge in [-0.15, -0.1) is 0 Å². The van der Waals surface area contributed by atoms with Gasteiger partial charge in [-0.2, -0.15) is 0 Å². The normalized spacial score (nSPS) is 15.5. The molecule has 1 aromatic heterocycles. The molecule has 3 rings (SSSR count). The van der Waals surface area contributed by atoms with Gasteiger partial charge < -0.3 is 4.74 Å². The number of rotatable bonds is 2. The maximum absolute atomic E-state index is 11.3. The number of ether oxygens (including phenoxy) is 1. The first-order valence-electron chi connectivity index (χ1n) is 6.37. The Labute approximate surface area is 116 Å². The first-order valence-corrected chi connectivity index (χ1v) is 6.37. The number of hydrogen-bond donors (Lipinski definition) is 0. The van der Waals surface area contributed by atoms with Crippen LogP contribution in [0.25, 0.3) is 11.1 Å². The Morgan fingerprint density at radius 1 is 1.30 bits per heavy atom. The van der Waals surface area contributed by atoms with Crippen LogP contribution in [0.2, 0.25) is 0 Å². The van der Waals surface area contributed by atoms with E-state index in [2.05, 4.69) is 4.98 Å². The molecule has 5 heteroatoms. The van der Waals surface area contributed by atoms with Crippen molar-refractivity contribution in [2.45, 2.75) is 25.9 Å². The van der Waals surface area contributed by atoms with Crippen LogP contribution in [0.15, 0.2) is 36.7 Å². The van der Waals surface area contributed by atoms with Crippen LogP contribution in [0.3, 0.4) is 0 Å². The van der Waals surface area contributed by atoms with Gasteiger partial charge in [0.1, 0.15) is 11.4 Å². The van der Waals surface area contributed by atoms with Crippen molar-refractivity contribution in [3.05, 3.63) is 52.3 Å². The van der Waals surface area contributed by atoms with Gasteiger partial charge in [0.05, 0.1) is 10.5 Å². The zero-order chi connectivity index (χ0) is 14.3. The Morgan fingerprint density at radius 3 is 2.65 bits per heavy atom. The van der Waals surface area contributed by atoms with E-state index in [1.54, 1.807) is 36.7 Å². The molecule has 0 amide bonds. The van der Waals surface area contributed by atoms with E-state index >= 15 is 0 Å². The van der Waals surface area contributed by atoms with Gasteiger partial charge in [-0.3, -0.25) is 15.1 Å². The fraction of sp³-hybridized carbons (Fsp3) is 0.267. The van der Waals surface area contributed by atoms with E-state index in [-0.39, 0.29) is 16.2 Å². The van der Waals surface area contributed by atoms with E-state index in [4.69, 9.17) is 4.74 Å². The molecule has 1 aliphatic rings. The molecule has 102 valence electrons. The third kappa shape index (κ3) is 2.11. The summed E-state index contributed by atoms with van der Waals surface area (Å²) in [5.74, 6) is 0.729. The summed E-state index contributed by atoms with van der Waals surface area (Å²) in [6.45, 7) is 3.95. The Hall–Kier alpha value is -2.43. The third-order valence-corrected chi connectivity index (χ3v) is 3.37. The minimum atomic E-state index is -0.346. The average molecular weight is 270 g/mol. The smallest absolute Gasteiger partial charge is 0.277 e. The summed E-state index contributed by atoms with van der Waals surface area (Å²) in [5.41, 5.74) is 2.01. The molecule has 0 spiro atoms. The molecule has 0 unspecified atom stereocenters. The van der Waals surface area contributed by atoms with Gasteiger partial charge in [0.15, 0.2) is 0 Å². The van der Waals surface area contributed by atoms with E-state index in [0.717, 1.165) is 16.9 Å². The Balaban J connectivity index is 2.18. The molecule has 1 aliphatic heterocycles. The molecule has 20 heavy (non-hydrogen) atoms. The van der Waals surface area contributed by atoms with E-state index in [1.807, 2.05) is 13.8 Å². The van der Waals surface area contributed by atoms with Crippen LogP contribution in [0, 0.1) is 10.1 Å². The van der Waals surface area contributed by atoms with Crippen LogP contribution >= 0.6 is 0 Å². The number of hydrogen-bond acceptors (Lipinski definition) is 4. The van der Waals surface area contributed by atoms with Crippen LogP contribution in [-0.2, 0) is 6.42 Å². The highest BCUT2D eigenvalue weighted by Gasteiger charge is 2.33. The van der Waals surface area contributed by atoms with Crippen LogP contribution in [0.5, 0.6) is 5.75 Å². The molecule has 2 aromatic rings. The average Bonchev–Trinajstić information content (AvgIpc) is 2.71. The summed E-state index contributed by atoms with van der Waals surface area (Å²) < 4.78 is 5.85. The van der Waals surface area contributed by atoms with Crippen molar-refractivity contribution in [2.24, 2.45) is 0 Å². The van der Waals surface area contributed by atoms with Crippen molar-refractivity contribution in [3.8, 4) is 16.9 Å². The second kappa shape index (κ2) is 4.30. The number of nitro groups is 1. The molecule has 0 atom stereocenters. The second-order valence-electron chi connectivity index (χ2n) is 5.51. The Morgan fingerprint density at radius 2 is 2.00 bits per heavy atom. The maximum atomic E-state index is 11.3. The van der Waals surface area contributed by atoms with E-state index in [0.29, 0.717) is 12.0 Å². The summed E-state index contributed by atoms with van der Waals surface area (Å²) in [5, 5.41) is 11.3. The molecular weight excluding hydrogens is 256 g/mol. The summed E-state index contributed by atoms with van der Waals surface area (Å²) in [6, 6.07) is 6.90. The van der Waals surface area contributed by atoms with Crippen molar-refractivity contribution in [1.29, 1.82) is 0 Å². The number of benzene rings is 1. The molecule has 0 fully saturated rings. The topological polar surface area (TPSA) is 65.3 Å². The lowest BCUT2D eigenvalue weighted by molar-refractivity contribution is -0.384. The van der Waals surface area contributed by atoms with Crippen molar-refractivity contribution < 1.29 is 9.66 Å². The standard InChI is InChI=1S/C15H14N2O3/c1-15(2)9-11-7-13(17(18)19)12(8-14(11)20-15)10-3-5-16-6-4-10/h3-8H,9H2,1-2H3. The third-order valence-electron chi connectivity index (χ3n) is 3.37. The zero-order valence-electron chi connectivity index (χ0n) is 11.3. The molecule has 0 radical (unpaired) electrons. The molecule has 0 saturated heterocycles. The van der Waals surface area contributed by atoms with Crippen LogP contribution in [0.4, 0.5) is 5.69 Å². The predicted molar refractivity (Wildman–Crippen MR) is 74.7 cm³/mol. The molecule has 0 bridgehead atoms. The molecule has 5 nitrogen and oxygen atoms in total. The lowest BCUT2D eigenvalue weighted by Crippen LogP contribution is -2.24. The Bertz CT molecular complexity index is 681. The molecule has 0 aliphatic carbocycles. The van der Waals surface area contributed by atoms with Crippen molar-refractivity contribution in [1.82, 2.24) is 4.98 Å². The van der Waals surface area contributed by atoms with Crippen LogP contribution in [0.1, 0.15) is 19.4 Å². The number of nitrogens with zero attached hydrogens (tertiary/aromatic N) is 2. The van der Waals surface area contributed by atoms with Gasteiger partial charge in [0.25, 0.3) is 5.69 Å². The van der Waals surface area contributed by atoms with E-state index in [1.165, 1.54) is 0 Å². The molecule has 0 saturated carbocycles. The minimum Gasteiger partial charge on any atom is -0.487 e. The molecule has 1 aromatic carbocycles. The van der Waals surface area contributed by atoms with Crippen LogP contribution < -0.4 is 4.74 Å². The number of pyridine rings is 1. The van der Waals surface area contributed by atoms with E-state index in [9.17, 15) is 10.1 Å². The van der Waals surface area contributed by atoms with Gasteiger partial charge in [-0.25, -0.2) is 0 Å². The quantitative estimate of drug-likeness (QED) is 0.620. The zero-order valence-corrected chi connectivity index (χ0v) is 11.3. The fourth-order valence-corrected chi connectivity index (χ4v) is 2.55.